The maximum atomic E-state index is 12.7. The van der Waals surface area contributed by atoms with Crippen LogP contribution in [0.4, 0.5) is 16.2 Å². The van der Waals surface area contributed by atoms with Gasteiger partial charge in [0.2, 0.25) is 5.91 Å². The Kier molecular flexibility index (Phi) is 6.72. The van der Waals surface area contributed by atoms with Crippen LogP contribution in [0.5, 0.6) is 0 Å². The van der Waals surface area contributed by atoms with Gasteiger partial charge in [0.15, 0.2) is 0 Å². The molecular formula is C23H27N3O4. The Morgan fingerprint density at radius 3 is 2.50 bits per heavy atom. The zero-order valence-electron chi connectivity index (χ0n) is 17.5. The standard InChI is InChI=1S/C23H27N3O4/c1-4-30-21(27)14-17-6-8-18(9-7-17)24-23(29)25-20-11-12-26(22(20)28)19-10-5-15(2)16(3)13-19/h5-10,13,20H,4,11-12,14H2,1-3H3,(H2,24,25,29)/t20-/m0/s1. The van der Waals surface area contributed by atoms with Gasteiger partial charge in [0.1, 0.15) is 6.04 Å². The van der Waals surface area contributed by atoms with E-state index in [0.717, 1.165) is 16.8 Å². The monoisotopic (exact) mass is 409 g/mol. The maximum Gasteiger partial charge on any atom is 0.319 e. The summed E-state index contributed by atoms with van der Waals surface area (Å²) in [6.45, 7) is 6.72. The molecule has 2 aromatic carbocycles. The third kappa shape index (κ3) is 5.17. The third-order valence-electron chi connectivity index (χ3n) is 5.18. The predicted octanol–water partition coefficient (Wildman–Crippen LogP) is 3.34. The quantitative estimate of drug-likeness (QED) is 0.717. The summed E-state index contributed by atoms with van der Waals surface area (Å²) in [6.07, 6.45) is 0.739. The van der Waals surface area contributed by atoms with Crippen LogP contribution in [-0.4, -0.2) is 37.1 Å². The number of rotatable bonds is 6. The molecule has 0 aromatic heterocycles. The molecule has 1 aliphatic rings. The van der Waals surface area contributed by atoms with E-state index in [2.05, 4.69) is 10.6 Å². The Morgan fingerprint density at radius 1 is 1.10 bits per heavy atom. The third-order valence-corrected chi connectivity index (χ3v) is 5.18. The fraction of sp³-hybridized carbons (Fsp3) is 0.348. The number of nitrogens with one attached hydrogen (secondary N) is 2. The number of ether oxygens (including phenoxy) is 1. The van der Waals surface area contributed by atoms with Crippen LogP contribution >= 0.6 is 0 Å². The zero-order valence-corrected chi connectivity index (χ0v) is 17.5. The highest BCUT2D eigenvalue weighted by molar-refractivity contribution is 6.02. The second-order valence-corrected chi connectivity index (χ2v) is 7.38. The van der Waals surface area contributed by atoms with Crippen LogP contribution in [0.25, 0.3) is 0 Å². The molecule has 3 rings (SSSR count). The van der Waals surface area contributed by atoms with Crippen LogP contribution in [0.2, 0.25) is 0 Å². The summed E-state index contributed by atoms with van der Waals surface area (Å²) in [5.41, 5.74) is 4.53. The normalized spacial score (nSPS) is 15.8. The average Bonchev–Trinajstić information content (AvgIpc) is 3.06. The summed E-state index contributed by atoms with van der Waals surface area (Å²) in [5, 5.41) is 5.48. The molecule has 0 unspecified atom stereocenters. The number of carbonyl (C=O) groups excluding carboxylic acids is 3. The molecule has 0 radical (unpaired) electrons. The Balaban J connectivity index is 1.54. The van der Waals surface area contributed by atoms with E-state index in [-0.39, 0.29) is 18.3 Å². The summed E-state index contributed by atoms with van der Waals surface area (Å²) < 4.78 is 4.92. The molecule has 0 aliphatic carbocycles. The van der Waals surface area contributed by atoms with Crippen LogP contribution in [0.15, 0.2) is 42.5 Å². The van der Waals surface area contributed by atoms with Gasteiger partial charge in [0.05, 0.1) is 13.0 Å². The number of aryl methyl sites for hydroxylation is 2. The minimum absolute atomic E-state index is 0.113. The summed E-state index contributed by atoms with van der Waals surface area (Å²) in [7, 11) is 0. The molecule has 0 bridgehead atoms. The van der Waals surface area contributed by atoms with Gasteiger partial charge in [0.25, 0.3) is 0 Å². The number of amides is 3. The lowest BCUT2D eigenvalue weighted by Crippen LogP contribution is -2.43. The first kappa shape index (κ1) is 21.4. The lowest BCUT2D eigenvalue weighted by atomic mass is 10.1. The van der Waals surface area contributed by atoms with Gasteiger partial charge in [0, 0.05) is 17.9 Å². The number of hydrogen-bond donors (Lipinski definition) is 2. The number of nitrogens with zero attached hydrogens (tertiary/aromatic N) is 1. The van der Waals surface area contributed by atoms with Crippen molar-refractivity contribution in [1.82, 2.24) is 5.32 Å². The molecule has 2 N–H and O–H groups in total. The van der Waals surface area contributed by atoms with Gasteiger partial charge in [-0.15, -0.1) is 0 Å². The van der Waals surface area contributed by atoms with E-state index in [1.54, 1.807) is 36.1 Å². The number of urea groups is 1. The van der Waals surface area contributed by atoms with Gasteiger partial charge in [-0.3, -0.25) is 9.59 Å². The SMILES string of the molecule is CCOC(=O)Cc1ccc(NC(=O)N[C@H]2CCN(c3ccc(C)c(C)c3)C2=O)cc1. The van der Waals surface area contributed by atoms with Crippen molar-refractivity contribution in [3.8, 4) is 0 Å². The van der Waals surface area contributed by atoms with Crippen molar-refractivity contribution >= 4 is 29.3 Å². The molecule has 1 heterocycles. The smallest absolute Gasteiger partial charge is 0.319 e. The molecule has 3 amide bonds. The van der Waals surface area contributed by atoms with Crippen molar-refractivity contribution in [2.45, 2.75) is 39.7 Å². The Hall–Kier alpha value is -3.35. The molecular weight excluding hydrogens is 382 g/mol. The second-order valence-electron chi connectivity index (χ2n) is 7.38. The van der Waals surface area contributed by atoms with Crippen molar-refractivity contribution in [2.24, 2.45) is 0 Å². The fourth-order valence-corrected chi connectivity index (χ4v) is 3.37. The van der Waals surface area contributed by atoms with Crippen LogP contribution in [0.3, 0.4) is 0 Å². The highest BCUT2D eigenvalue weighted by Crippen LogP contribution is 2.24. The van der Waals surface area contributed by atoms with Crippen LogP contribution in [-0.2, 0) is 20.7 Å². The Morgan fingerprint density at radius 2 is 1.83 bits per heavy atom. The molecule has 2 aromatic rings. The van der Waals surface area contributed by atoms with Crippen LogP contribution < -0.4 is 15.5 Å². The molecule has 7 heteroatoms. The summed E-state index contributed by atoms with van der Waals surface area (Å²) >= 11 is 0. The van der Waals surface area contributed by atoms with Crippen molar-refractivity contribution in [3.05, 3.63) is 59.2 Å². The molecule has 1 aliphatic heterocycles. The van der Waals surface area contributed by atoms with Gasteiger partial charge in [-0.05, 0) is 68.1 Å². The van der Waals surface area contributed by atoms with E-state index in [0.29, 0.717) is 25.3 Å². The molecule has 1 atom stereocenters. The van der Waals surface area contributed by atoms with E-state index < -0.39 is 12.1 Å². The summed E-state index contributed by atoms with van der Waals surface area (Å²) in [6, 6.07) is 11.9. The molecule has 0 spiro atoms. The Bertz CT molecular complexity index is 940. The average molecular weight is 409 g/mol. The minimum Gasteiger partial charge on any atom is -0.466 e. The number of esters is 1. The molecule has 30 heavy (non-hydrogen) atoms. The van der Waals surface area contributed by atoms with Crippen LogP contribution in [0, 0.1) is 13.8 Å². The van der Waals surface area contributed by atoms with E-state index >= 15 is 0 Å². The maximum absolute atomic E-state index is 12.7. The minimum atomic E-state index is -0.560. The van der Waals surface area contributed by atoms with E-state index in [1.807, 2.05) is 32.0 Å². The number of anilines is 2. The summed E-state index contributed by atoms with van der Waals surface area (Å²) in [5.74, 6) is -0.401. The first-order chi connectivity index (χ1) is 14.4. The van der Waals surface area contributed by atoms with Gasteiger partial charge in [-0.2, -0.15) is 0 Å². The zero-order chi connectivity index (χ0) is 21.7. The topological polar surface area (TPSA) is 87.7 Å². The molecule has 1 fully saturated rings. The highest BCUT2D eigenvalue weighted by atomic mass is 16.5. The van der Waals surface area contributed by atoms with E-state index in [9.17, 15) is 14.4 Å². The number of carbonyl (C=O) groups is 3. The van der Waals surface area contributed by atoms with Crippen LogP contribution in [0.1, 0.15) is 30.0 Å². The van der Waals surface area contributed by atoms with Gasteiger partial charge >= 0.3 is 12.0 Å². The first-order valence-corrected chi connectivity index (χ1v) is 10.1. The fourth-order valence-electron chi connectivity index (χ4n) is 3.37. The van der Waals surface area contributed by atoms with E-state index in [1.165, 1.54) is 5.56 Å². The van der Waals surface area contributed by atoms with Gasteiger partial charge in [-0.25, -0.2) is 4.79 Å². The largest absolute Gasteiger partial charge is 0.466 e. The van der Waals surface area contributed by atoms with Gasteiger partial charge in [-0.1, -0.05) is 18.2 Å². The summed E-state index contributed by atoms with van der Waals surface area (Å²) in [4.78, 5) is 38.3. The van der Waals surface area contributed by atoms with Crippen molar-refractivity contribution < 1.29 is 19.1 Å². The molecule has 158 valence electrons. The number of hydrogen-bond acceptors (Lipinski definition) is 4. The first-order valence-electron chi connectivity index (χ1n) is 10.1. The van der Waals surface area contributed by atoms with Crippen molar-refractivity contribution in [1.29, 1.82) is 0 Å². The molecule has 1 saturated heterocycles. The Labute approximate surface area is 176 Å². The predicted molar refractivity (Wildman–Crippen MR) is 116 cm³/mol. The van der Waals surface area contributed by atoms with E-state index in [4.69, 9.17) is 4.74 Å². The van der Waals surface area contributed by atoms with Crippen molar-refractivity contribution in [2.75, 3.05) is 23.4 Å². The molecule has 0 saturated carbocycles. The van der Waals surface area contributed by atoms with Crippen molar-refractivity contribution in [3.63, 3.8) is 0 Å². The second kappa shape index (κ2) is 9.43. The lowest BCUT2D eigenvalue weighted by Gasteiger charge is -2.18. The lowest BCUT2D eigenvalue weighted by molar-refractivity contribution is -0.142. The highest BCUT2D eigenvalue weighted by Gasteiger charge is 2.33. The molecule has 7 nitrogen and oxygen atoms in total. The van der Waals surface area contributed by atoms with Gasteiger partial charge < -0.3 is 20.3 Å². The number of benzene rings is 2.